The third kappa shape index (κ3) is 7.21. The maximum atomic E-state index is 13.0. The molecule has 0 bridgehead atoms. The van der Waals surface area contributed by atoms with E-state index in [1.165, 1.54) is 0 Å². The molecule has 0 saturated carbocycles. The molecule has 0 aromatic heterocycles. The van der Waals surface area contributed by atoms with Crippen LogP contribution in [0.2, 0.25) is 0 Å². The molecule has 1 atom stereocenters. The minimum Gasteiger partial charge on any atom is -0.483 e. The van der Waals surface area contributed by atoms with Gasteiger partial charge in [0.2, 0.25) is 5.91 Å². The van der Waals surface area contributed by atoms with Crippen LogP contribution in [-0.2, 0) is 16.0 Å². The quantitative estimate of drug-likeness (QED) is 0.714. The van der Waals surface area contributed by atoms with Gasteiger partial charge in [0.05, 0.1) is 0 Å². The molecule has 30 heavy (non-hydrogen) atoms. The van der Waals surface area contributed by atoms with Crippen LogP contribution in [0.15, 0.2) is 48.5 Å². The van der Waals surface area contributed by atoms with Crippen LogP contribution in [0.25, 0.3) is 0 Å². The second-order valence-electron chi connectivity index (χ2n) is 8.80. The number of nitrogens with one attached hydrogen (secondary N) is 1. The predicted octanol–water partition coefficient (Wildman–Crippen LogP) is 4.06. The van der Waals surface area contributed by atoms with E-state index in [4.69, 9.17) is 4.74 Å². The van der Waals surface area contributed by atoms with Crippen LogP contribution >= 0.6 is 0 Å². The van der Waals surface area contributed by atoms with E-state index < -0.39 is 6.04 Å². The lowest BCUT2D eigenvalue weighted by atomic mass is 10.1. The first kappa shape index (κ1) is 23.5. The van der Waals surface area contributed by atoms with E-state index in [-0.39, 0.29) is 24.0 Å². The Kier molecular flexibility index (Phi) is 8.04. The van der Waals surface area contributed by atoms with Crippen molar-refractivity contribution < 1.29 is 14.3 Å². The normalized spacial score (nSPS) is 12.2. The minimum absolute atomic E-state index is 0.105. The third-order valence-electron chi connectivity index (χ3n) is 4.83. The number of carbonyl (C=O) groups is 2. The van der Waals surface area contributed by atoms with Crippen molar-refractivity contribution in [1.82, 2.24) is 10.2 Å². The smallest absolute Gasteiger partial charge is 0.261 e. The van der Waals surface area contributed by atoms with Crippen LogP contribution in [0.3, 0.4) is 0 Å². The van der Waals surface area contributed by atoms with Gasteiger partial charge in [-0.3, -0.25) is 9.59 Å². The molecule has 0 fully saturated rings. The van der Waals surface area contributed by atoms with Gasteiger partial charge in [-0.05, 0) is 65.2 Å². The average molecular weight is 411 g/mol. The van der Waals surface area contributed by atoms with Crippen LogP contribution in [0.4, 0.5) is 0 Å². The number of ether oxygens (including phenoxy) is 1. The fourth-order valence-corrected chi connectivity index (χ4v) is 3.23. The lowest BCUT2D eigenvalue weighted by molar-refractivity contribution is -0.142. The number of benzene rings is 2. The van der Waals surface area contributed by atoms with Gasteiger partial charge in [0.15, 0.2) is 6.61 Å². The Morgan fingerprint density at radius 3 is 2.33 bits per heavy atom. The molecule has 5 heteroatoms. The van der Waals surface area contributed by atoms with Crippen molar-refractivity contribution >= 4 is 11.8 Å². The van der Waals surface area contributed by atoms with Gasteiger partial charge in [-0.2, -0.15) is 0 Å². The van der Waals surface area contributed by atoms with Crippen LogP contribution in [0.5, 0.6) is 5.75 Å². The van der Waals surface area contributed by atoms with E-state index in [1.54, 1.807) is 11.8 Å². The molecule has 1 unspecified atom stereocenters. The van der Waals surface area contributed by atoms with E-state index >= 15 is 0 Å². The summed E-state index contributed by atoms with van der Waals surface area (Å²) in [7, 11) is 0. The van der Waals surface area contributed by atoms with Crippen molar-refractivity contribution in [2.75, 3.05) is 13.2 Å². The molecule has 0 saturated heterocycles. The molecule has 5 nitrogen and oxygen atoms in total. The maximum Gasteiger partial charge on any atom is 0.261 e. The van der Waals surface area contributed by atoms with Crippen molar-refractivity contribution in [2.45, 2.75) is 59.5 Å². The van der Waals surface area contributed by atoms with Crippen molar-refractivity contribution in [3.63, 3.8) is 0 Å². The molecule has 0 aliphatic heterocycles. The van der Waals surface area contributed by atoms with Gasteiger partial charge in [0.25, 0.3) is 5.91 Å². The molecule has 0 spiro atoms. The maximum absolute atomic E-state index is 13.0. The summed E-state index contributed by atoms with van der Waals surface area (Å²) in [4.78, 5) is 27.4. The zero-order valence-corrected chi connectivity index (χ0v) is 19.0. The third-order valence-corrected chi connectivity index (χ3v) is 4.83. The second kappa shape index (κ2) is 10.3. The summed E-state index contributed by atoms with van der Waals surface area (Å²) in [6.45, 7) is 11.9. The Hall–Kier alpha value is -2.82. The summed E-state index contributed by atoms with van der Waals surface area (Å²) in [6.07, 6.45) is 0.670. The monoisotopic (exact) mass is 410 g/mol. The van der Waals surface area contributed by atoms with Gasteiger partial charge in [-0.15, -0.1) is 0 Å². The number of hydrogen-bond acceptors (Lipinski definition) is 3. The molecular formula is C25H34N2O3. The second-order valence-corrected chi connectivity index (χ2v) is 8.80. The lowest BCUT2D eigenvalue weighted by Gasteiger charge is -2.31. The number of nitrogens with zero attached hydrogens (tertiary/aromatic N) is 1. The molecule has 2 aromatic rings. The van der Waals surface area contributed by atoms with Gasteiger partial charge >= 0.3 is 0 Å². The predicted molar refractivity (Wildman–Crippen MR) is 121 cm³/mol. The summed E-state index contributed by atoms with van der Waals surface area (Å²) in [6, 6.07) is 15.2. The molecule has 2 amide bonds. The number of carbonyl (C=O) groups excluding carboxylic acids is 2. The molecule has 162 valence electrons. The first-order valence-corrected chi connectivity index (χ1v) is 10.4. The standard InChI is InChI=1S/C25H34N2O3/c1-18-12-13-22(19(2)16-18)30-17-23(28)27(15-14-21-10-8-7-9-11-21)20(3)24(29)26-25(4,5)6/h7-13,16,20H,14-15,17H2,1-6H3,(H,26,29). The highest BCUT2D eigenvalue weighted by Gasteiger charge is 2.28. The van der Waals surface area contributed by atoms with Gasteiger partial charge in [-0.1, -0.05) is 48.0 Å². The number of aryl methyl sites for hydroxylation is 2. The number of rotatable bonds is 8. The van der Waals surface area contributed by atoms with Crippen molar-refractivity contribution in [1.29, 1.82) is 0 Å². The van der Waals surface area contributed by atoms with Gasteiger partial charge in [0, 0.05) is 12.1 Å². The Balaban J connectivity index is 2.11. The van der Waals surface area contributed by atoms with E-state index in [2.05, 4.69) is 5.32 Å². The zero-order chi connectivity index (χ0) is 22.3. The summed E-state index contributed by atoms with van der Waals surface area (Å²) >= 11 is 0. The Morgan fingerprint density at radius 2 is 1.73 bits per heavy atom. The summed E-state index contributed by atoms with van der Waals surface area (Å²) in [5, 5.41) is 2.97. The zero-order valence-electron chi connectivity index (χ0n) is 19.0. The van der Waals surface area contributed by atoms with E-state index in [9.17, 15) is 9.59 Å². The highest BCUT2D eigenvalue weighted by Crippen LogP contribution is 2.19. The Bertz CT molecular complexity index is 856. The summed E-state index contributed by atoms with van der Waals surface area (Å²) in [5.41, 5.74) is 2.88. The molecular weight excluding hydrogens is 376 g/mol. The summed E-state index contributed by atoms with van der Waals surface area (Å²) < 4.78 is 5.79. The van der Waals surface area contributed by atoms with Crippen molar-refractivity contribution in [2.24, 2.45) is 0 Å². The molecule has 0 heterocycles. The van der Waals surface area contributed by atoms with Gasteiger partial charge in [0.1, 0.15) is 11.8 Å². The molecule has 2 aromatic carbocycles. The first-order valence-electron chi connectivity index (χ1n) is 10.4. The molecule has 0 radical (unpaired) electrons. The van der Waals surface area contributed by atoms with Crippen molar-refractivity contribution in [3.05, 3.63) is 65.2 Å². The van der Waals surface area contributed by atoms with E-state index in [0.717, 1.165) is 16.7 Å². The van der Waals surface area contributed by atoms with Crippen LogP contribution in [-0.4, -0.2) is 41.4 Å². The molecule has 2 rings (SSSR count). The fraction of sp³-hybridized carbons (Fsp3) is 0.440. The van der Waals surface area contributed by atoms with E-state index in [1.807, 2.05) is 83.1 Å². The summed E-state index contributed by atoms with van der Waals surface area (Å²) in [5.74, 6) is 0.307. The number of hydrogen-bond donors (Lipinski definition) is 1. The highest BCUT2D eigenvalue weighted by atomic mass is 16.5. The average Bonchev–Trinajstić information content (AvgIpc) is 2.66. The van der Waals surface area contributed by atoms with Crippen LogP contribution in [0, 0.1) is 13.8 Å². The first-order chi connectivity index (χ1) is 14.1. The Morgan fingerprint density at radius 1 is 1.07 bits per heavy atom. The fourth-order valence-electron chi connectivity index (χ4n) is 3.23. The largest absolute Gasteiger partial charge is 0.483 e. The number of amides is 2. The van der Waals surface area contributed by atoms with Crippen molar-refractivity contribution in [3.8, 4) is 5.75 Å². The van der Waals surface area contributed by atoms with Gasteiger partial charge < -0.3 is 15.0 Å². The highest BCUT2D eigenvalue weighted by molar-refractivity contribution is 5.88. The molecule has 0 aliphatic carbocycles. The SMILES string of the molecule is Cc1ccc(OCC(=O)N(CCc2ccccc2)C(C)C(=O)NC(C)(C)C)c(C)c1. The topological polar surface area (TPSA) is 58.6 Å². The van der Waals surface area contributed by atoms with Crippen LogP contribution in [0.1, 0.15) is 44.4 Å². The van der Waals surface area contributed by atoms with E-state index in [0.29, 0.717) is 18.7 Å². The molecule has 0 aliphatic rings. The van der Waals surface area contributed by atoms with Gasteiger partial charge in [-0.25, -0.2) is 0 Å². The molecule has 1 N–H and O–H groups in total. The Labute approximate surface area is 180 Å². The lowest BCUT2D eigenvalue weighted by Crippen LogP contribution is -2.53. The minimum atomic E-state index is -0.594. The van der Waals surface area contributed by atoms with Crippen LogP contribution < -0.4 is 10.1 Å².